The zero-order valence-corrected chi connectivity index (χ0v) is 18.5. The lowest BCUT2D eigenvalue weighted by molar-refractivity contribution is 0.370. The number of hydrogen-bond acceptors (Lipinski definition) is 2. The number of fused-ring (bicyclic) bond motifs is 1. The minimum atomic E-state index is -0.192. The molecular formula is C23H28FN3S2. The molecule has 3 aromatic rings. The Bertz CT molecular complexity index is 958. The number of benzene rings is 1. The molecule has 154 valence electrons. The van der Waals surface area contributed by atoms with E-state index in [1.54, 1.807) is 17.4 Å². The highest BCUT2D eigenvalue weighted by molar-refractivity contribution is 7.80. The largest absolute Gasteiger partial charge is 0.360 e. The molecule has 0 amide bonds. The molecular weight excluding hydrogens is 401 g/mol. The van der Waals surface area contributed by atoms with Crippen molar-refractivity contribution in [2.75, 3.05) is 6.54 Å². The average Bonchev–Trinajstić information content (AvgIpc) is 3.33. The summed E-state index contributed by atoms with van der Waals surface area (Å²) in [5, 5.41) is 7.54. The van der Waals surface area contributed by atoms with Crippen LogP contribution in [0.1, 0.15) is 48.2 Å². The van der Waals surface area contributed by atoms with Crippen LogP contribution in [-0.2, 0) is 13.0 Å². The van der Waals surface area contributed by atoms with Crippen LogP contribution in [0.5, 0.6) is 0 Å². The number of hydrogen-bond donors (Lipinski definition) is 2. The number of rotatable bonds is 6. The van der Waals surface area contributed by atoms with Gasteiger partial charge in [0.25, 0.3) is 0 Å². The van der Waals surface area contributed by atoms with Crippen molar-refractivity contribution in [3.05, 3.63) is 57.7 Å². The Kier molecular flexibility index (Phi) is 6.50. The molecule has 3 nitrogen and oxygen atoms in total. The highest BCUT2D eigenvalue weighted by Gasteiger charge is 2.19. The summed E-state index contributed by atoms with van der Waals surface area (Å²) >= 11 is 7.59. The first-order valence-electron chi connectivity index (χ1n) is 10.4. The molecule has 6 heteroatoms. The summed E-state index contributed by atoms with van der Waals surface area (Å²) in [7, 11) is 0. The van der Waals surface area contributed by atoms with E-state index in [1.165, 1.54) is 48.6 Å². The van der Waals surface area contributed by atoms with Crippen LogP contribution in [0, 0.1) is 12.7 Å². The number of nitrogens with zero attached hydrogens (tertiary/aromatic N) is 1. The predicted octanol–water partition coefficient (Wildman–Crippen LogP) is 5.93. The fourth-order valence-corrected chi connectivity index (χ4v) is 5.32. The van der Waals surface area contributed by atoms with Gasteiger partial charge in [-0.05, 0) is 73.6 Å². The van der Waals surface area contributed by atoms with E-state index >= 15 is 0 Å². The van der Waals surface area contributed by atoms with Crippen LogP contribution in [0.4, 0.5) is 4.39 Å². The highest BCUT2D eigenvalue weighted by Crippen LogP contribution is 2.24. The van der Waals surface area contributed by atoms with Crippen LogP contribution in [-0.4, -0.2) is 27.6 Å². The highest BCUT2D eigenvalue weighted by atomic mass is 32.1. The second-order valence-electron chi connectivity index (χ2n) is 7.95. The molecule has 4 rings (SSSR count). The maximum Gasteiger partial charge on any atom is 0.169 e. The zero-order chi connectivity index (χ0) is 20.2. The molecule has 0 unspecified atom stereocenters. The second-order valence-corrected chi connectivity index (χ2v) is 9.37. The molecule has 1 aromatic carbocycles. The maximum absolute atomic E-state index is 13.8. The van der Waals surface area contributed by atoms with Crippen LogP contribution in [0.2, 0.25) is 0 Å². The quantitative estimate of drug-likeness (QED) is 0.476. The number of aromatic amines is 1. The first kappa shape index (κ1) is 20.4. The normalized spacial score (nSPS) is 15.0. The molecule has 2 N–H and O–H groups in total. The van der Waals surface area contributed by atoms with Crippen LogP contribution >= 0.6 is 23.6 Å². The van der Waals surface area contributed by atoms with Gasteiger partial charge in [0.1, 0.15) is 5.82 Å². The SMILES string of the molecule is Cc1[nH]c2ccc(F)cc2c1CCN(Cc1cccs1)C(=S)NC1CCCCC1. The average molecular weight is 430 g/mol. The zero-order valence-electron chi connectivity index (χ0n) is 16.8. The van der Waals surface area contributed by atoms with Crippen molar-refractivity contribution in [1.82, 2.24) is 15.2 Å². The van der Waals surface area contributed by atoms with Crippen molar-refractivity contribution < 1.29 is 4.39 Å². The predicted molar refractivity (Wildman–Crippen MR) is 124 cm³/mol. The van der Waals surface area contributed by atoms with Crippen molar-refractivity contribution in [1.29, 1.82) is 0 Å². The Morgan fingerprint density at radius 1 is 1.28 bits per heavy atom. The van der Waals surface area contributed by atoms with E-state index in [1.807, 2.05) is 6.07 Å². The summed E-state index contributed by atoms with van der Waals surface area (Å²) in [6, 6.07) is 9.70. The molecule has 2 aromatic heterocycles. The van der Waals surface area contributed by atoms with Crippen LogP contribution in [0.3, 0.4) is 0 Å². The third-order valence-corrected chi connectivity index (χ3v) is 7.10. The van der Waals surface area contributed by atoms with Crippen molar-refractivity contribution in [3.8, 4) is 0 Å². The molecule has 0 bridgehead atoms. The molecule has 1 saturated carbocycles. The Balaban J connectivity index is 1.50. The van der Waals surface area contributed by atoms with Gasteiger partial charge in [0, 0.05) is 34.1 Å². The van der Waals surface area contributed by atoms with Gasteiger partial charge in [-0.3, -0.25) is 0 Å². The summed E-state index contributed by atoms with van der Waals surface area (Å²) in [6.07, 6.45) is 7.13. The van der Waals surface area contributed by atoms with E-state index in [-0.39, 0.29) is 5.82 Å². The van der Waals surface area contributed by atoms with Gasteiger partial charge in [-0.2, -0.15) is 0 Å². The second kappa shape index (κ2) is 9.26. The molecule has 0 spiro atoms. The van der Waals surface area contributed by atoms with E-state index in [9.17, 15) is 4.39 Å². The smallest absolute Gasteiger partial charge is 0.169 e. The molecule has 1 aliphatic carbocycles. The van der Waals surface area contributed by atoms with Crippen LogP contribution in [0.25, 0.3) is 10.9 Å². The van der Waals surface area contributed by atoms with Crippen LogP contribution in [0.15, 0.2) is 35.7 Å². The Hall–Kier alpha value is -1.92. The molecule has 29 heavy (non-hydrogen) atoms. The first-order chi connectivity index (χ1) is 14.1. The van der Waals surface area contributed by atoms with Gasteiger partial charge < -0.3 is 15.2 Å². The van der Waals surface area contributed by atoms with Gasteiger partial charge >= 0.3 is 0 Å². The number of aromatic nitrogens is 1. The van der Waals surface area contributed by atoms with Gasteiger partial charge in [-0.15, -0.1) is 11.3 Å². The molecule has 0 radical (unpaired) electrons. The van der Waals surface area contributed by atoms with Crippen molar-refractivity contribution in [3.63, 3.8) is 0 Å². The standard InChI is InChI=1S/C23H28FN3S2/c1-16-20(21-14-17(24)9-10-22(21)25-16)11-12-27(15-19-8-5-13-29-19)23(28)26-18-6-3-2-4-7-18/h5,8-10,13-14,18,25H,2-4,6-7,11-12,15H2,1H3,(H,26,28). The molecule has 0 saturated heterocycles. The third-order valence-electron chi connectivity index (χ3n) is 5.86. The van der Waals surface area contributed by atoms with E-state index in [0.717, 1.165) is 41.2 Å². The fourth-order valence-electron chi connectivity index (χ4n) is 4.28. The topological polar surface area (TPSA) is 31.1 Å². The van der Waals surface area contributed by atoms with E-state index in [0.29, 0.717) is 6.04 Å². The van der Waals surface area contributed by atoms with E-state index in [2.05, 4.69) is 39.6 Å². The lowest BCUT2D eigenvalue weighted by Gasteiger charge is -2.30. The number of aryl methyl sites for hydroxylation is 1. The van der Waals surface area contributed by atoms with Gasteiger partial charge in [0.2, 0.25) is 0 Å². The number of halogens is 1. The number of thiophene rings is 1. The Labute approximate surface area is 181 Å². The lowest BCUT2D eigenvalue weighted by atomic mass is 9.96. The molecule has 0 aliphatic heterocycles. The molecule has 1 aliphatic rings. The summed E-state index contributed by atoms with van der Waals surface area (Å²) in [4.78, 5) is 6.96. The third kappa shape index (κ3) is 4.98. The number of thiocarbonyl (C=S) groups is 1. The fraction of sp³-hybridized carbons (Fsp3) is 0.435. The van der Waals surface area contributed by atoms with Crippen molar-refractivity contribution >= 4 is 39.6 Å². The summed E-state index contributed by atoms with van der Waals surface area (Å²) < 4.78 is 13.8. The Morgan fingerprint density at radius 2 is 2.10 bits per heavy atom. The van der Waals surface area contributed by atoms with E-state index in [4.69, 9.17) is 12.2 Å². The van der Waals surface area contributed by atoms with Crippen molar-refractivity contribution in [2.24, 2.45) is 0 Å². The number of H-pyrrole nitrogens is 1. The summed E-state index contributed by atoms with van der Waals surface area (Å²) in [5.41, 5.74) is 3.27. The van der Waals surface area contributed by atoms with Gasteiger partial charge in [-0.1, -0.05) is 25.3 Å². The lowest BCUT2D eigenvalue weighted by Crippen LogP contribution is -2.45. The summed E-state index contributed by atoms with van der Waals surface area (Å²) in [5.74, 6) is -0.192. The van der Waals surface area contributed by atoms with Gasteiger partial charge in [-0.25, -0.2) is 4.39 Å². The van der Waals surface area contributed by atoms with Crippen LogP contribution < -0.4 is 5.32 Å². The minimum Gasteiger partial charge on any atom is -0.360 e. The first-order valence-corrected chi connectivity index (χ1v) is 11.7. The molecule has 1 fully saturated rings. The van der Waals surface area contributed by atoms with Gasteiger partial charge in [0.05, 0.1) is 6.54 Å². The maximum atomic E-state index is 13.8. The molecule has 2 heterocycles. The Morgan fingerprint density at radius 3 is 2.86 bits per heavy atom. The summed E-state index contributed by atoms with van der Waals surface area (Å²) in [6.45, 7) is 3.68. The van der Waals surface area contributed by atoms with Crippen molar-refractivity contribution in [2.45, 2.75) is 58.0 Å². The monoisotopic (exact) mass is 429 g/mol. The van der Waals surface area contributed by atoms with Gasteiger partial charge in [0.15, 0.2) is 5.11 Å². The van der Waals surface area contributed by atoms with E-state index < -0.39 is 0 Å². The number of nitrogens with one attached hydrogen (secondary N) is 2. The molecule has 0 atom stereocenters. The minimum absolute atomic E-state index is 0.192.